The van der Waals surface area contributed by atoms with Crippen LogP contribution in [-0.2, 0) is 0 Å². The standard InChI is InChI=1S/C14H16N4O4/c1-20-9-6-11(19)10(12(7-9)21-2)8-17-18-13-14(22-3)16-5-4-15-13/h4-8,19H,1-3H3,(H,15,18). The number of phenols is 1. The Hall–Kier alpha value is -3.03. The predicted molar refractivity (Wildman–Crippen MR) is 81.0 cm³/mol. The molecule has 0 aliphatic carbocycles. The Labute approximate surface area is 127 Å². The molecule has 0 aliphatic rings. The van der Waals surface area contributed by atoms with Crippen molar-refractivity contribution in [1.82, 2.24) is 9.97 Å². The molecule has 0 fully saturated rings. The fourth-order valence-corrected chi connectivity index (χ4v) is 1.71. The number of nitrogens with zero attached hydrogens (tertiary/aromatic N) is 3. The molecule has 0 unspecified atom stereocenters. The molecule has 2 rings (SSSR count). The highest BCUT2D eigenvalue weighted by molar-refractivity contribution is 5.88. The quantitative estimate of drug-likeness (QED) is 0.618. The van der Waals surface area contributed by atoms with Gasteiger partial charge in [-0.25, -0.2) is 9.97 Å². The maximum absolute atomic E-state index is 10.0. The van der Waals surface area contributed by atoms with Crippen LogP contribution >= 0.6 is 0 Å². The van der Waals surface area contributed by atoms with Crippen molar-refractivity contribution >= 4 is 12.0 Å². The summed E-state index contributed by atoms with van der Waals surface area (Å²) >= 11 is 0. The van der Waals surface area contributed by atoms with Gasteiger partial charge in [0.1, 0.15) is 17.2 Å². The number of anilines is 1. The average molecular weight is 304 g/mol. The van der Waals surface area contributed by atoms with Crippen LogP contribution in [0.15, 0.2) is 29.6 Å². The maximum Gasteiger partial charge on any atom is 0.258 e. The van der Waals surface area contributed by atoms with Crippen molar-refractivity contribution in [3.05, 3.63) is 30.1 Å². The number of nitrogens with one attached hydrogen (secondary N) is 1. The molecule has 1 aromatic carbocycles. The van der Waals surface area contributed by atoms with Gasteiger partial charge in [-0.05, 0) is 0 Å². The summed E-state index contributed by atoms with van der Waals surface area (Å²) in [5, 5.41) is 14.0. The molecule has 0 spiro atoms. The Morgan fingerprint density at radius 2 is 1.86 bits per heavy atom. The minimum absolute atomic E-state index is 0.0205. The van der Waals surface area contributed by atoms with Crippen molar-refractivity contribution in [2.75, 3.05) is 26.8 Å². The molecule has 0 atom stereocenters. The number of benzene rings is 1. The van der Waals surface area contributed by atoms with Gasteiger partial charge in [-0.15, -0.1) is 0 Å². The Balaban J connectivity index is 2.23. The predicted octanol–water partition coefficient (Wildman–Crippen LogP) is 1.65. The highest BCUT2D eigenvalue weighted by atomic mass is 16.5. The molecule has 0 saturated heterocycles. The van der Waals surface area contributed by atoms with Crippen molar-refractivity contribution in [3.63, 3.8) is 0 Å². The smallest absolute Gasteiger partial charge is 0.258 e. The van der Waals surface area contributed by atoms with E-state index in [9.17, 15) is 5.11 Å². The summed E-state index contributed by atoms with van der Waals surface area (Å²) in [4.78, 5) is 8.03. The second kappa shape index (κ2) is 7.11. The average Bonchev–Trinajstić information content (AvgIpc) is 2.56. The Morgan fingerprint density at radius 3 is 2.55 bits per heavy atom. The van der Waals surface area contributed by atoms with E-state index in [1.165, 1.54) is 46.0 Å². The topological polar surface area (TPSA) is 98.1 Å². The molecule has 8 heteroatoms. The highest BCUT2D eigenvalue weighted by Crippen LogP contribution is 2.31. The van der Waals surface area contributed by atoms with Crippen molar-refractivity contribution in [1.29, 1.82) is 0 Å². The second-order valence-electron chi connectivity index (χ2n) is 4.05. The maximum atomic E-state index is 10.0. The third-order valence-corrected chi connectivity index (χ3v) is 2.77. The number of methoxy groups -OCH3 is 3. The van der Waals surface area contributed by atoms with Gasteiger partial charge in [0.15, 0.2) is 0 Å². The zero-order chi connectivity index (χ0) is 15.9. The molecule has 2 aromatic rings. The first kappa shape index (κ1) is 15.4. The molecule has 0 bridgehead atoms. The van der Waals surface area contributed by atoms with E-state index in [4.69, 9.17) is 14.2 Å². The molecule has 0 saturated carbocycles. The summed E-state index contributed by atoms with van der Waals surface area (Å²) in [7, 11) is 4.48. The van der Waals surface area contributed by atoms with Gasteiger partial charge in [0.25, 0.3) is 5.88 Å². The number of ether oxygens (including phenoxy) is 3. The SMILES string of the molecule is COc1cc(O)c(C=NNc2nccnc2OC)c(OC)c1. The fraction of sp³-hybridized carbons (Fsp3) is 0.214. The van der Waals surface area contributed by atoms with E-state index in [1.54, 1.807) is 6.07 Å². The van der Waals surface area contributed by atoms with E-state index in [-0.39, 0.29) is 5.75 Å². The number of aromatic nitrogens is 2. The van der Waals surface area contributed by atoms with Crippen LogP contribution in [0.3, 0.4) is 0 Å². The van der Waals surface area contributed by atoms with Gasteiger partial charge in [0, 0.05) is 24.5 Å². The molecule has 0 aliphatic heterocycles. The first-order valence-corrected chi connectivity index (χ1v) is 6.28. The first-order chi connectivity index (χ1) is 10.7. The van der Waals surface area contributed by atoms with E-state index < -0.39 is 0 Å². The molecular formula is C14H16N4O4. The monoisotopic (exact) mass is 304 g/mol. The van der Waals surface area contributed by atoms with Crippen LogP contribution in [0.25, 0.3) is 0 Å². The van der Waals surface area contributed by atoms with Crippen LogP contribution in [0.2, 0.25) is 0 Å². The van der Waals surface area contributed by atoms with Gasteiger partial charge in [0.05, 0.1) is 33.1 Å². The Morgan fingerprint density at radius 1 is 1.09 bits per heavy atom. The van der Waals surface area contributed by atoms with Crippen LogP contribution in [-0.4, -0.2) is 42.6 Å². The fourth-order valence-electron chi connectivity index (χ4n) is 1.71. The van der Waals surface area contributed by atoms with Gasteiger partial charge < -0.3 is 19.3 Å². The van der Waals surface area contributed by atoms with Gasteiger partial charge in [-0.3, -0.25) is 5.43 Å². The van der Waals surface area contributed by atoms with Crippen LogP contribution in [0.1, 0.15) is 5.56 Å². The lowest BCUT2D eigenvalue weighted by atomic mass is 10.2. The van der Waals surface area contributed by atoms with E-state index in [0.29, 0.717) is 28.8 Å². The summed E-state index contributed by atoms with van der Waals surface area (Å²) in [6.45, 7) is 0. The van der Waals surface area contributed by atoms with Crippen LogP contribution in [0.5, 0.6) is 23.1 Å². The third-order valence-electron chi connectivity index (χ3n) is 2.77. The molecule has 116 valence electrons. The lowest BCUT2D eigenvalue weighted by Gasteiger charge is -2.09. The molecule has 0 radical (unpaired) electrons. The zero-order valence-corrected chi connectivity index (χ0v) is 12.4. The Bertz CT molecular complexity index is 676. The van der Waals surface area contributed by atoms with Crippen LogP contribution < -0.4 is 19.6 Å². The molecule has 2 N–H and O–H groups in total. The Kier molecular flexibility index (Phi) is 4.97. The summed E-state index contributed by atoms with van der Waals surface area (Å²) in [6, 6.07) is 3.11. The van der Waals surface area contributed by atoms with Crippen molar-refractivity contribution in [2.45, 2.75) is 0 Å². The second-order valence-corrected chi connectivity index (χ2v) is 4.05. The third kappa shape index (κ3) is 3.35. The van der Waals surface area contributed by atoms with Gasteiger partial charge in [-0.2, -0.15) is 5.10 Å². The largest absolute Gasteiger partial charge is 0.507 e. The van der Waals surface area contributed by atoms with Gasteiger partial charge in [0.2, 0.25) is 5.82 Å². The van der Waals surface area contributed by atoms with Crippen molar-refractivity contribution in [2.24, 2.45) is 5.10 Å². The van der Waals surface area contributed by atoms with Crippen LogP contribution in [0, 0.1) is 0 Å². The summed E-state index contributed by atoms with van der Waals surface area (Å²) in [5.41, 5.74) is 3.09. The summed E-state index contributed by atoms with van der Waals surface area (Å²) in [6.07, 6.45) is 4.42. The number of rotatable bonds is 6. The first-order valence-electron chi connectivity index (χ1n) is 6.28. The lowest BCUT2D eigenvalue weighted by molar-refractivity contribution is 0.384. The molecule has 1 heterocycles. The summed E-state index contributed by atoms with van der Waals surface area (Å²) in [5.74, 6) is 1.55. The minimum Gasteiger partial charge on any atom is -0.507 e. The molecule has 1 aromatic heterocycles. The summed E-state index contributed by atoms with van der Waals surface area (Å²) < 4.78 is 15.3. The lowest BCUT2D eigenvalue weighted by Crippen LogP contribution is -2.00. The normalized spacial score (nSPS) is 10.5. The highest BCUT2D eigenvalue weighted by Gasteiger charge is 2.10. The van der Waals surface area contributed by atoms with Gasteiger partial charge >= 0.3 is 0 Å². The number of hydrazone groups is 1. The van der Waals surface area contributed by atoms with E-state index in [1.807, 2.05) is 0 Å². The number of hydrogen-bond acceptors (Lipinski definition) is 8. The number of hydrogen-bond donors (Lipinski definition) is 2. The molecule has 8 nitrogen and oxygen atoms in total. The minimum atomic E-state index is -0.0205. The molecule has 22 heavy (non-hydrogen) atoms. The van der Waals surface area contributed by atoms with Crippen LogP contribution in [0.4, 0.5) is 5.82 Å². The molecule has 0 amide bonds. The van der Waals surface area contributed by atoms with E-state index >= 15 is 0 Å². The van der Waals surface area contributed by atoms with E-state index in [0.717, 1.165) is 0 Å². The number of aromatic hydroxyl groups is 1. The van der Waals surface area contributed by atoms with Crippen molar-refractivity contribution < 1.29 is 19.3 Å². The van der Waals surface area contributed by atoms with E-state index in [2.05, 4.69) is 20.5 Å². The molecular weight excluding hydrogens is 288 g/mol. The zero-order valence-electron chi connectivity index (χ0n) is 12.4. The number of phenolic OH excluding ortho intramolecular Hbond substituents is 1. The van der Waals surface area contributed by atoms with Crippen molar-refractivity contribution in [3.8, 4) is 23.1 Å². The van der Waals surface area contributed by atoms with Gasteiger partial charge in [-0.1, -0.05) is 0 Å².